The zero-order valence-electron chi connectivity index (χ0n) is 9.49. The van der Waals surface area contributed by atoms with Crippen LogP contribution >= 0.6 is 39.1 Å². The molecule has 0 radical (unpaired) electrons. The molecule has 0 saturated heterocycles. The van der Waals surface area contributed by atoms with Gasteiger partial charge in [-0.05, 0) is 34.1 Å². The number of hydrogen-bond acceptors (Lipinski definition) is 3. The first-order valence-corrected chi connectivity index (χ1v) is 8.03. The second-order valence-electron chi connectivity index (χ2n) is 3.48. The molecule has 1 unspecified atom stereocenters. The van der Waals surface area contributed by atoms with E-state index in [4.69, 9.17) is 27.9 Å². The van der Waals surface area contributed by atoms with Crippen LogP contribution in [-0.4, -0.2) is 34.1 Å². The Balaban J connectivity index is 2.77. The lowest BCUT2D eigenvalue weighted by molar-refractivity contribution is 0.198. The Morgan fingerprint density at radius 3 is 2.72 bits per heavy atom. The fourth-order valence-electron chi connectivity index (χ4n) is 1.17. The van der Waals surface area contributed by atoms with Crippen molar-refractivity contribution in [2.45, 2.75) is 10.3 Å². The lowest BCUT2D eigenvalue weighted by Gasteiger charge is -2.11. The van der Waals surface area contributed by atoms with E-state index in [0.717, 1.165) is 0 Å². The Labute approximate surface area is 125 Å². The van der Waals surface area contributed by atoms with E-state index in [1.165, 1.54) is 25.3 Å². The normalized spacial score (nSPS) is 13.6. The topological polar surface area (TPSA) is 55.4 Å². The summed E-state index contributed by atoms with van der Waals surface area (Å²) < 4.78 is 31.6. The highest BCUT2D eigenvalue weighted by molar-refractivity contribution is 9.10. The molecule has 1 aromatic rings. The van der Waals surface area contributed by atoms with Crippen LogP contribution in [0.15, 0.2) is 27.6 Å². The molecule has 0 aliphatic carbocycles. The molecule has 1 rings (SSSR count). The van der Waals surface area contributed by atoms with Gasteiger partial charge in [0.25, 0.3) is 0 Å². The van der Waals surface area contributed by atoms with E-state index < -0.39 is 15.4 Å². The fraction of sp³-hybridized carbons (Fsp3) is 0.400. The monoisotopic (exact) mass is 375 g/mol. The molecule has 0 amide bonds. The Hall–Kier alpha value is 0.150. The molecule has 4 nitrogen and oxygen atoms in total. The van der Waals surface area contributed by atoms with Crippen LogP contribution in [0, 0.1) is 0 Å². The van der Waals surface area contributed by atoms with Gasteiger partial charge in [0.05, 0.1) is 21.9 Å². The minimum absolute atomic E-state index is 0.0952. The third kappa shape index (κ3) is 4.68. The van der Waals surface area contributed by atoms with E-state index in [9.17, 15) is 8.42 Å². The minimum Gasteiger partial charge on any atom is -0.383 e. The first kappa shape index (κ1) is 16.2. The molecule has 0 saturated carbocycles. The molecule has 18 heavy (non-hydrogen) atoms. The molecule has 0 heterocycles. The molecule has 0 fully saturated rings. The summed E-state index contributed by atoms with van der Waals surface area (Å²) in [4.78, 5) is 0.125. The van der Waals surface area contributed by atoms with Crippen molar-refractivity contribution >= 4 is 49.2 Å². The van der Waals surface area contributed by atoms with Crippen LogP contribution < -0.4 is 4.72 Å². The molecule has 0 spiro atoms. The van der Waals surface area contributed by atoms with Crippen molar-refractivity contribution in [1.82, 2.24) is 4.72 Å². The van der Waals surface area contributed by atoms with Crippen molar-refractivity contribution in [3.63, 3.8) is 0 Å². The van der Waals surface area contributed by atoms with Crippen molar-refractivity contribution in [2.24, 2.45) is 0 Å². The largest absolute Gasteiger partial charge is 0.383 e. The molecule has 1 aromatic carbocycles. The summed E-state index contributed by atoms with van der Waals surface area (Å²) >= 11 is 14.8. The standard InChI is InChI=1S/C10H12BrCl2NO3S/c1-17-6-7(12)5-14-18(15,16)8-2-3-10(13)9(11)4-8/h2-4,7,14H,5-6H2,1H3. The lowest BCUT2D eigenvalue weighted by Crippen LogP contribution is -2.31. The quantitative estimate of drug-likeness (QED) is 0.776. The molecular weight excluding hydrogens is 365 g/mol. The molecule has 8 heteroatoms. The van der Waals surface area contributed by atoms with Crippen LogP contribution in [0.4, 0.5) is 0 Å². The summed E-state index contributed by atoms with van der Waals surface area (Å²) in [6.45, 7) is 0.367. The van der Waals surface area contributed by atoms with Gasteiger partial charge in [0, 0.05) is 18.1 Å². The Kier molecular flexibility index (Phi) is 6.37. The van der Waals surface area contributed by atoms with Crippen LogP contribution in [0.1, 0.15) is 0 Å². The van der Waals surface area contributed by atoms with Gasteiger partial charge in [0.2, 0.25) is 10.0 Å². The van der Waals surface area contributed by atoms with E-state index in [0.29, 0.717) is 9.50 Å². The van der Waals surface area contributed by atoms with Gasteiger partial charge < -0.3 is 4.74 Å². The lowest BCUT2D eigenvalue weighted by atomic mass is 10.4. The van der Waals surface area contributed by atoms with Crippen molar-refractivity contribution < 1.29 is 13.2 Å². The van der Waals surface area contributed by atoms with Crippen LogP contribution in [0.3, 0.4) is 0 Å². The van der Waals surface area contributed by atoms with E-state index in [1.807, 2.05) is 0 Å². The maximum atomic E-state index is 11.9. The summed E-state index contributed by atoms with van der Waals surface area (Å²) in [6, 6.07) is 4.37. The highest BCUT2D eigenvalue weighted by atomic mass is 79.9. The number of benzene rings is 1. The Bertz CT molecular complexity index is 510. The number of methoxy groups -OCH3 is 1. The predicted octanol–water partition coefficient (Wildman–Crippen LogP) is 2.63. The second kappa shape index (κ2) is 7.07. The van der Waals surface area contributed by atoms with Crippen molar-refractivity contribution in [3.05, 3.63) is 27.7 Å². The smallest absolute Gasteiger partial charge is 0.240 e. The van der Waals surface area contributed by atoms with Gasteiger partial charge in [0.15, 0.2) is 0 Å². The Morgan fingerprint density at radius 2 is 2.17 bits per heavy atom. The molecule has 0 aliphatic heterocycles. The van der Waals surface area contributed by atoms with Gasteiger partial charge >= 0.3 is 0 Å². The molecule has 0 bridgehead atoms. The number of sulfonamides is 1. The van der Waals surface area contributed by atoms with Crippen LogP contribution in [0.5, 0.6) is 0 Å². The number of hydrogen-bond donors (Lipinski definition) is 1. The number of ether oxygens (including phenoxy) is 1. The maximum absolute atomic E-state index is 11.9. The molecule has 0 aromatic heterocycles. The first-order valence-electron chi connectivity index (χ1n) is 4.94. The zero-order valence-corrected chi connectivity index (χ0v) is 13.4. The zero-order chi connectivity index (χ0) is 13.8. The van der Waals surface area contributed by atoms with E-state index in [2.05, 4.69) is 20.7 Å². The summed E-state index contributed by atoms with van der Waals surface area (Å²) in [5, 5.41) is 0.0315. The van der Waals surface area contributed by atoms with E-state index in [1.54, 1.807) is 0 Å². The summed E-state index contributed by atoms with van der Waals surface area (Å²) in [6.07, 6.45) is 0. The molecule has 1 atom stereocenters. The van der Waals surface area contributed by atoms with Crippen LogP contribution in [0.25, 0.3) is 0 Å². The number of rotatable bonds is 6. The van der Waals surface area contributed by atoms with Gasteiger partial charge in [-0.2, -0.15) is 0 Å². The SMILES string of the molecule is COCC(Cl)CNS(=O)(=O)c1ccc(Cl)c(Br)c1. The maximum Gasteiger partial charge on any atom is 0.240 e. The summed E-state index contributed by atoms with van der Waals surface area (Å²) in [7, 11) is -2.09. The minimum atomic E-state index is -3.59. The molecule has 1 N–H and O–H groups in total. The average Bonchev–Trinajstić information content (AvgIpc) is 2.30. The third-order valence-corrected chi connectivity index (χ3v) is 4.96. The van der Waals surface area contributed by atoms with Crippen LogP contribution in [-0.2, 0) is 14.8 Å². The summed E-state index contributed by atoms with van der Waals surface area (Å²) in [5.41, 5.74) is 0. The highest BCUT2D eigenvalue weighted by Crippen LogP contribution is 2.25. The first-order chi connectivity index (χ1) is 8.36. The fourth-order valence-corrected chi connectivity index (χ4v) is 3.22. The highest BCUT2D eigenvalue weighted by Gasteiger charge is 2.16. The molecule has 0 aliphatic rings. The number of nitrogens with one attached hydrogen (secondary N) is 1. The van der Waals surface area contributed by atoms with Gasteiger partial charge in [-0.25, -0.2) is 13.1 Å². The molecular formula is C10H12BrCl2NO3S. The Morgan fingerprint density at radius 1 is 1.50 bits per heavy atom. The van der Waals surface area contributed by atoms with E-state index >= 15 is 0 Å². The van der Waals surface area contributed by atoms with Crippen molar-refractivity contribution in [2.75, 3.05) is 20.3 Å². The predicted molar refractivity (Wildman–Crippen MR) is 75.9 cm³/mol. The van der Waals surface area contributed by atoms with Crippen molar-refractivity contribution in [1.29, 1.82) is 0 Å². The number of alkyl halides is 1. The summed E-state index contributed by atoms with van der Waals surface area (Å²) in [5.74, 6) is 0. The molecule has 102 valence electrons. The van der Waals surface area contributed by atoms with Gasteiger partial charge in [-0.15, -0.1) is 11.6 Å². The van der Waals surface area contributed by atoms with Gasteiger partial charge in [-0.1, -0.05) is 11.6 Å². The van der Waals surface area contributed by atoms with Crippen molar-refractivity contribution in [3.8, 4) is 0 Å². The third-order valence-electron chi connectivity index (χ3n) is 2.04. The van der Waals surface area contributed by atoms with Gasteiger partial charge in [-0.3, -0.25) is 0 Å². The van der Waals surface area contributed by atoms with Gasteiger partial charge in [0.1, 0.15) is 0 Å². The van der Waals surface area contributed by atoms with E-state index in [-0.39, 0.29) is 18.0 Å². The number of halogens is 3. The second-order valence-corrected chi connectivity index (χ2v) is 7.13. The van der Waals surface area contributed by atoms with Crippen LogP contribution in [0.2, 0.25) is 5.02 Å². The average molecular weight is 377 g/mol.